The summed E-state index contributed by atoms with van der Waals surface area (Å²) in [5, 5.41) is 9.16. The molecule has 218 valence electrons. The number of carboxylic acid groups (broad SMARTS) is 1. The zero-order chi connectivity index (χ0) is 29.9. The number of benzene rings is 3. The van der Waals surface area contributed by atoms with Crippen molar-refractivity contribution in [3.05, 3.63) is 77.1 Å². The number of hydrogen-bond donors (Lipinski definition) is 1. The van der Waals surface area contributed by atoms with Crippen molar-refractivity contribution < 1.29 is 46.1 Å². The van der Waals surface area contributed by atoms with E-state index in [1.807, 2.05) is 0 Å². The number of carbonyl (C=O) groups is 2. The van der Waals surface area contributed by atoms with Gasteiger partial charge in [-0.15, -0.1) is 0 Å². The number of imidazole rings is 1. The van der Waals surface area contributed by atoms with Crippen molar-refractivity contribution in [3.8, 4) is 17.2 Å². The minimum absolute atomic E-state index is 0.0385. The topological polar surface area (TPSA) is 93.9 Å². The molecule has 0 saturated carbocycles. The van der Waals surface area contributed by atoms with Gasteiger partial charge >= 0.3 is 18.1 Å². The van der Waals surface area contributed by atoms with Crippen LogP contribution < -0.4 is 14.4 Å². The summed E-state index contributed by atoms with van der Waals surface area (Å²) in [6.07, 6.45) is -5.14. The lowest BCUT2D eigenvalue weighted by Gasteiger charge is -2.29. The molecule has 1 amide bonds. The molecular weight excluding hydrogens is 565 g/mol. The van der Waals surface area contributed by atoms with Crippen LogP contribution in [0.3, 0.4) is 0 Å². The number of carboxylic acids is 1. The van der Waals surface area contributed by atoms with E-state index in [9.17, 15) is 31.5 Å². The van der Waals surface area contributed by atoms with Crippen LogP contribution in [0.25, 0.3) is 16.7 Å². The second-order valence-electron chi connectivity index (χ2n) is 10.00. The highest BCUT2D eigenvalue weighted by Gasteiger charge is 2.48. The molecule has 0 radical (unpaired) electrons. The van der Waals surface area contributed by atoms with Gasteiger partial charge in [-0.25, -0.2) is 13.8 Å². The number of aryl methyl sites for hydroxylation is 1. The lowest BCUT2D eigenvalue weighted by Crippen LogP contribution is -2.44. The quantitative estimate of drug-likeness (QED) is 0.285. The molecule has 8 nitrogen and oxygen atoms in total. The Labute approximate surface area is 234 Å². The van der Waals surface area contributed by atoms with Gasteiger partial charge in [0.2, 0.25) is 0 Å². The van der Waals surface area contributed by atoms with E-state index < -0.39 is 41.6 Å². The molecule has 3 heterocycles. The maximum Gasteiger partial charge on any atom is 0.471 e. The van der Waals surface area contributed by atoms with E-state index in [4.69, 9.17) is 14.6 Å². The molecule has 0 unspecified atom stereocenters. The fourth-order valence-corrected chi connectivity index (χ4v) is 5.63. The van der Waals surface area contributed by atoms with E-state index in [1.165, 1.54) is 28.8 Å². The molecule has 1 aromatic heterocycles. The number of aromatic nitrogens is 2. The zero-order valence-corrected chi connectivity index (χ0v) is 21.9. The highest BCUT2D eigenvalue weighted by atomic mass is 19.4. The number of amides is 1. The summed E-state index contributed by atoms with van der Waals surface area (Å²) in [5.41, 5.74) is 0.978. The predicted octanol–water partition coefficient (Wildman–Crippen LogP) is 5.85. The first-order valence-corrected chi connectivity index (χ1v) is 13.0. The van der Waals surface area contributed by atoms with Crippen LogP contribution in [0.5, 0.6) is 11.5 Å². The minimum atomic E-state index is -5.24. The number of carbonyl (C=O) groups excluding carboxylic acids is 1. The molecule has 4 aromatic rings. The van der Waals surface area contributed by atoms with E-state index in [0.717, 1.165) is 6.07 Å². The van der Waals surface area contributed by atoms with Gasteiger partial charge in [0.1, 0.15) is 35.3 Å². The van der Waals surface area contributed by atoms with Crippen LogP contribution in [0.4, 0.5) is 27.6 Å². The summed E-state index contributed by atoms with van der Waals surface area (Å²) < 4.78 is 83.5. The summed E-state index contributed by atoms with van der Waals surface area (Å²) in [4.78, 5) is 28.9. The first kappa shape index (κ1) is 27.5. The fourth-order valence-electron chi connectivity index (χ4n) is 5.63. The van der Waals surface area contributed by atoms with Crippen LogP contribution in [0, 0.1) is 11.6 Å². The van der Waals surface area contributed by atoms with E-state index >= 15 is 0 Å². The van der Waals surface area contributed by atoms with Crippen LogP contribution in [-0.4, -0.2) is 45.9 Å². The molecule has 2 atom stereocenters. The zero-order valence-electron chi connectivity index (χ0n) is 21.9. The minimum Gasteiger partial charge on any atom is -0.493 e. The molecule has 42 heavy (non-hydrogen) atoms. The number of halogens is 5. The van der Waals surface area contributed by atoms with Gasteiger partial charge in [-0.05, 0) is 12.1 Å². The number of ether oxygens (including phenoxy) is 2. The third kappa shape index (κ3) is 4.48. The summed E-state index contributed by atoms with van der Waals surface area (Å²) in [7, 11) is 0. The van der Waals surface area contributed by atoms with Gasteiger partial charge < -0.3 is 14.6 Å². The Morgan fingerprint density at radius 3 is 2.57 bits per heavy atom. The molecule has 6 rings (SSSR count). The molecule has 2 aliphatic rings. The summed E-state index contributed by atoms with van der Waals surface area (Å²) in [6.45, 7) is 1.46. The van der Waals surface area contributed by atoms with E-state index in [0.29, 0.717) is 34.5 Å². The predicted molar refractivity (Wildman–Crippen MR) is 139 cm³/mol. The van der Waals surface area contributed by atoms with Crippen molar-refractivity contribution in [2.45, 2.75) is 37.9 Å². The lowest BCUT2D eigenvalue weighted by molar-refractivity contribution is -0.171. The van der Waals surface area contributed by atoms with E-state index in [-0.39, 0.29) is 53.4 Å². The third-order valence-electron chi connectivity index (χ3n) is 7.42. The van der Waals surface area contributed by atoms with Gasteiger partial charge in [0, 0.05) is 47.4 Å². The van der Waals surface area contributed by atoms with E-state index in [1.54, 1.807) is 19.1 Å². The number of hydrogen-bond acceptors (Lipinski definition) is 5. The lowest BCUT2D eigenvalue weighted by atomic mass is 9.97. The standard InChI is InChI=1S/C29H22F5N3O5/c1-2-24-35-26-19(31)9-15(30)10-21(26)37(24)20-5-3-4-18-22(13-42-27(18)20)36(28(40)29(32,33)34)16-6-7-17-14(8-25(38)39)12-41-23(17)11-16/h3-7,9-11,14,22H,2,8,12-13H2,1H3,(H,38,39)/t14-,22-/m1/s1. The Bertz CT molecular complexity index is 1750. The van der Waals surface area contributed by atoms with Crippen molar-refractivity contribution in [1.82, 2.24) is 9.55 Å². The SMILES string of the molecule is CCc1nc2c(F)cc(F)cc2n1-c1cccc2c1OC[C@H]2N(C(=O)C(F)(F)F)c1ccc2c(c1)OC[C@H]2CC(=O)O. The Kier molecular flexibility index (Phi) is 6.54. The number of nitrogens with zero attached hydrogens (tertiary/aromatic N) is 3. The number of fused-ring (bicyclic) bond motifs is 3. The first-order valence-electron chi connectivity index (χ1n) is 13.0. The van der Waals surface area contributed by atoms with Crippen LogP contribution in [-0.2, 0) is 16.0 Å². The number of anilines is 1. The number of rotatable bonds is 6. The molecule has 0 bridgehead atoms. The Morgan fingerprint density at radius 1 is 1.07 bits per heavy atom. The molecule has 0 spiro atoms. The molecular formula is C29H22F5N3O5. The largest absolute Gasteiger partial charge is 0.493 e. The average Bonchev–Trinajstić information content (AvgIpc) is 3.63. The monoisotopic (exact) mass is 587 g/mol. The molecule has 0 fully saturated rings. The molecule has 13 heteroatoms. The van der Waals surface area contributed by atoms with Gasteiger partial charge in [-0.3, -0.25) is 19.1 Å². The van der Waals surface area contributed by atoms with Gasteiger partial charge in [-0.2, -0.15) is 13.2 Å². The van der Waals surface area contributed by atoms with Crippen molar-refractivity contribution in [2.24, 2.45) is 0 Å². The number of para-hydroxylation sites is 1. The van der Waals surface area contributed by atoms with E-state index in [2.05, 4.69) is 4.98 Å². The molecule has 0 saturated heterocycles. The van der Waals surface area contributed by atoms with Crippen LogP contribution in [0.2, 0.25) is 0 Å². The van der Waals surface area contributed by atoms with Crippen LogP contribution in [0.1, 0.15) is 42.3 Å². The first-order chi connectivity index (χ1) is 20.0. The number of alkyl halides is 3. The van der Waals surface area contributed by atoms with Crippen LogP contribution in [0.15, 0.2) is 48.5 Å². The normalized spacial score (nSPS) is 17.5. The van der Waals surface area contributed by atoms with Gasteiger partial charge in [0.15, 0.2) is 5.82 Å². The molecule has 3 aromatic carbocycles. The average molecular weight is 588 g/mol. The summed E-state index contributed by atoms with van der Waals surface area (Å²) >= 11 is 0. The maximum absolute atomic E-state index is 14.6. The van der Waals surface area contributed by atoms with Crippen molar-refractivity contribution in [3.63, 3.8) is 0 Å². The second-order valence-corrected chi connectivity index (χ2v) is 10.00. The van der Waals surface area contributed by atoms with Crippen molar-refractivity contribution in [2.75, 3.05) is 18.1 Å². The fraction of sp³-hybridized carbons (Fsp3) is 0.276. The van der Waals surface area contributed by atoms with Crippen molar-refractivity contribution in [1.29, 1.82) is 0 Å². The Balaban J connectivity index is 1.47. The van der Waals surface area contributed by atoms with Gasteiger partial charge in [0.25, 0.3) is 0 Å². The summed E-state index contributed by atoms with van der Waals surface area (Å²) in [6, 6.07) is 9.32. The number of aliphatic carboxylic acids is 1. The van der Waals surface area contributed by atoms with Gasteiger partial charge in [-0.1, -0.05) is 25.1 Å². The second kappa shape index (κ2) is 10.00. The molecule has 0 aliphatic carbocycles. The van der Waals surface area contributed by atoms with Crippen molar-refractivity contribution >= 4 is 28.6 Å². The maximum atomic E-state index is 14.6. The Morgan fingerprint density at radius 2 is 1.86 bits per heavy atom. The highest BCUT2D eigenvalue weighted by molar-refractivity contribution is 5.98. The van der Waals surface area contributed by atoms with Crippen LogP contribution >= 0.6 is 0 Å². The molecule has 2 aliphatic heterocycles. The Hall–Kier alpha value is -4.68. The van der Waals surface area contributed by atoms with Gasteiger partial charge in [0.05, 0.1) is 30.3 Å². The highest BCUT2D eigenvalue weighted by Crippen LogP contribution is 2.46. The third-order valence-corrected chi connectivity index (χ3v) is 7.42. The molecule has 1 N–H and O–H groups in total. The summed E-state index contributed by atoms with van der Waals surface area (Å²) in [5.74, 6) is -4.67. The smallest absolute Gasteiger partial charge is 0.471 e.